The standard InChI is InChI=1S/C7H13O5P.K.H/c1-3-4-5-6(2)7(8)12-13(9,10)11;;/h5H,3-4H2,1-2H3,(H2,9,10,11);;/q;+1;-1. The predicted octanol–water partition coefficient (Wildman–Crippen LogP) is -1.51. The summed E-state index contributed by atoms with van der Waals surface area (Å²) in [6.45, 7) is 3.38. The summed E-state index contributed by atoms with van der Waals surface area (Å²) in [6, 6.07) is 0. The number of carbonyl (C=O) groups is 1. The van der Waals surface area contributed by atoms with Gasteiger partial charge in [-0.1, -0.05) is 19.4 Å². The van der Waals surface area contributed by atoms with E-state index in [9.17, 15) is 9.36 Å². The van der Waals surface area contributed by atoms with Crippen LogP contribution in [-0.2, 0) is 13.9 Å². The van der Waals surface area contributed by atoms with Gasteiger partial charge in [0.1, 0.15) is 0 Å². The van der Waals surface area contributed by atoms with E-state index >= 15 is 0 Å². The minimum atomic E-state index is -4.70. The number of carbonyl (C=O) groups excluding carboxylic acids is 1. The van der Waals surface area contributed by atoms with Crippen molar-refractivity contribution in [1.29, 1.82) is 0 Å². The Balaban J connectivity index is -0.000000720. The molecule has 7 heteroatoms. The quantitative estimate of drug-likeness (QED) is 0.359. The number of unbranched alkanes of at least 4 members (excludes halogenated alkanes) is 1. The average molecular weight is 248 g/mol. The largest absolute Gasteiger partial charge is 1.00 e. The van der Waals surface area contributed by atoms with Gasteiger partial charge in [-0.05, 0) is 13.3 Å². The van der Waals surface area contributed by atoms with Crippen LogP contribution < -0.4 is 51.4 Å². The molecule has 0 unspecified atom stereocenters. The van der Waals surface area contributed by atoms with E-state index in [0.29, 0.717) is 6.42 Å². The summed E-state index contributed by atoms with van der Waals surface area (Å²) >= 11 is 0. The maximum absolute atomic E-state index is 10.9. The molecule has 0 fully saturated rings. The number of hydrogen-bond acceptors (Lipinski definition) is 3. The maximum Gasteiger partial charge on any atom is 1.00 e. The van der Waals surface area contributed by atoms with Crippen molar-refractivity contribution < 1.29 is 76.5 Å². The summed E-state index contributed by atoms with van der Waals surface area (Å²) in [4.78, 5) is 27.5. The molecule has 0 aliphatic rings. The van der Waals surface area contributed by atoms with Gasteiger partial charge in [-0.15, -0.1) is 0 Å². The van der Waals surface area contributed by atoms with Gasteiger partial charge in [-0.2, -0.15) is 0 Å². The molecule has 5 nitrogen and oxygen atoms in total. The molecule has 78 valence electrons. The van der Waals surface area contributed by atoms with E-state index in [1.807, 2.05) is 6.92 Å². The molecule has 0 aromatic heterocycles. The number of phosphoric acid groups is 1. The molecule has 0 rings (SSSR count). The Morgan fingerprint density at radius 2 is 2.07 bits per heavy atom. The summed E-state index contributed by atoms with van der Waals surface area (Å²) in [6.07, 6.45) is 3.13. The van der Waals surface area contributed by atoms with Gasteiger partial charge in [0.25, 0.3) is 0 Å². The van der Waals surface area contributed by atoms with E-state index in [2.05, 4.69) is 4.52 Å². The monoisotopic (exact) mass is 248 g/mol. The van der Waals surface area contributed by atoms with Gasteiger partial charge in [0.05, 0.1) is 0 Å². The van der Waals surface area contributed by atoms with Gasteiger partial charge >= 0.3 is 65.2 Å². The van der Waals surface area contributed by atoms with Gasteiger partial charge in [0.15, 0.2) is 0 Å². The topological polar surface area (TPSA) is 83.8 Å². The molecule has 0 amide bonds. The molecular formula is C7H14KO5P. The molecule has 0 atom stereocenters. The first-order chi connectivity index (χ1) is 5.87. The zero-order valence-corrected chi connectivity index (χ0v) is 12.6. The molecule has 2 N–H and O–H groups in total. The molecule has 0 aliphatic carbocycles. The van der Waals surface area contributed by atoms with Crippen molar-refractivity contribution in [2.24, 2.45) is 0 Å². The molecule has 0 saturated heterocycles. The van der Waals surface area contributed by atoms with Crippen molar-refractivity contribution in [1.82, 2.24) is 0 Å². The smallest absolute Gasteiger partial charge is 1.00 e. The van der Waals surface area contributed by atoms with Gasteiger partial charge in [-0.3, -0.25) is 9.79 Å². The van der Waals surface area contributed by atoms with Crippen LogP contribution in [0.4, 0.5) is 0 Å². The minimum absolute atomic E-state index is 0. The van der Waals surface area contributed by atoms with Gasteiger partial charge < -0.3 is 5.95 Å². The van der Waals surface area contributed by atoms with Crippen molar-refractivity contribution >= 4 is 13.8 Å². The third-order valence-electron chi connectivity index (χ3n) is 1.26. The Bertz CT molecular complexity index is 262. The van der Waals surface area contributed by atoms with Crippen molar-refractivity contribution in [2.45, 2.75) is 26.7 Å². The van der Waals surface area contributed by atoms with Crippen LogP contribution in [0.3, 0.4) is 0 Å². The van der Waals surface area contributed by atoms with Crippen LogP contribution in [0.2, 0.25) is 0 Å². The Labute approximate surface area is 127 Å². The fourth-order valence-corrected chi connectivity index (χ4v) is 0.984. The molecule has 0 radical (unpaired) electrons. The number of phosphoric ester groups is 1. The molecule has 0 saturated carbocycles. The second-order valence-corrected chi connectivity index (χ2v) is 3.71. The van der Waals surface area contributed by atoms with Gasteiger partial charge in [0, 0.05) is 5.57 Å². The SMILES string of the molecule is CCCC=C(C)C(=O)OP(=O)(O)O.[H-].[K+]. The Morgan fingerprint density at radius 1 is 1.57 bits per heavy atom. The van der Waals surface area contributed by atoms with E-state index in [0.717, 1.165) is 6.42 Å². The van der Waals surface area contributed by atoms with Crippen LogP contribution in [0.25, 0.3) is 0 Å². The van der Waals surface area contributed by atoms with Crippen LogP contribution in [0, 0.1) is 0 Å². The molecule has 0 aliphatic heterocycles. The summed E-state index contributed by atoms with van der Waals surface area (Å²) in [5.41, 5.74) is 0.213. The Hall–Kier alpha value is 0.996. The van der Waals surface area contributed by atoms with E-state index in [1.54, 1.807) is 6.08 Å². The molecule has 0 heterocycles. The van der Waals surface area contributed by atoms with E-state index in [4.69, 9.17) is 9.79 Å². The molecule has 14 heavy (non-hydrogen) atoms. The molecule has 0 aromatic rings. The third kappa shape index (κ3) is 9.55. The maximum atomic E-state index is 10.9. The predicted molar refractivity (Wildman–Crippen MR) is 47.9 cm³/mol. The van der Waals surface area contributed by atoms with Crippen LogP contribution >= 0.6 is 7.82 Å². The Kier molecular flexibility index (Phi) is 10.2. The third-order valence-corrected chi connectivity index (χ3v) is 1.67. The number of hydrogen-bond donors (Lipinski definition) is 2. The van der Waals surface area contributed by atoms with E-state index in [-0.39, 0.29) is 58.4 Å². The normalized spacial score (nSPS) is 11.9. The first-order valence-corrected chi connectivity index (χ1v) is 5.36. The fraction of sp³-hybridized carbons (Fsp3) is 0.571. The number of rotatable bonds is 4. The zero-order valence-electron chi connectivity index (χ0n) is 9.56. The van der Waals surface area contributed by atoms with Crippen molar-refractivity contribution in [2.75, 3.05) is 0 Å². The van der Waals surface area contributed by atoms with Crippen LogP contribution in [0.5, 0.6) is 0 Å². The number of allylic oxidation sites excluding steroid dienone is 1. The van der Waals surface area contributed by atoms with E-state index in [1.165, 1.54) is 6.92 Å². The molecular weight excluding hydrogens is 234 g/mol. The van der Waals surface area contributed by atoms with Crippen molar-refractivity contribution in [3.05, 3.63) is 11.6 Å². The average Bonchev–Trinajstić information content (AvgIpc) is 1.96. The summed E-state index contributed by atoms with van der Waals surface area (Å²) < 4.78 is 14.1. The first kappa shape index (κ1) is 17.4. The first-order valence-electron chi connectivity index (χ1n) is 3.83. The summed E-state index contributed by atoms with van der Waals surface area (Å²) in [5.74, 6) is -0.971. The molecule has 0 aromatic carbocycles. The van der Waals surface area contributed by atoms with Gasteiger partial charge in [0.2, 0.25) is 0 Å². The second-order valence-electron chi connectivity index (χ2n) is 2.55. The summed E-state index contributed by atoms with van der Waals surface area (Å²) in [5, 5.41) is 0. The van der Waals surface area contributed by atoms with Crippen molar-refractivity contribution in [3.63, 3.8) is 0 Å². The Morgan fingerprint density at radius 3 is 2.43 bits per heavy atom. The van der Waals surface area contributed by atoms with Crippen LogP contribution in [-0.4, -0.2) is 15.8 Å². The minimum Gasteiger partial charge on any atom is -1.00 e. The molecule has 0 bridgehead atoms. The zero-order chi connectivity index (χ0) is 10.5. The van der Waals surface area contributed by atoms with Crippen molar-refractivity contribution in [3.8, 4) is 0 Å². The van der Waals surface area contributed by atoms with E-state index < -0.39 is 13.8 Å². The fourth-order valence-electron chi connectivity index (χ4n) is 0.624. The van der Waals surface area contributed by atoms with Crippen LogP contribution in [0.15, 0.2) is 11.6 Å². The summed E-state index contributed by atoms with van der Waals surface area (Å²) in [7, 11) is -4.70. The second kappa shape index (κ2) is 8.18. The van der Waals surface area contributed by atoms with Gasteiger partial charge in [-0.25, -0.2) is 9.36 Å². The molecule has 0 spiro atoms. The van der Waals surface area contributed by atoms with Crippen LogP contribution in [0.1, 0.15) is 28.1 Å².